The zero-order chi connectivity index (χ0) is 19.7. The van der Waals surface area contributed by atoms with E-state index in [-0.39, 0.29) is 5.56 Å². The summed E-state index contributed by atoms with van der Waals surface area (Å²) in [4.78, 5) is 21.1. The van der Waals surface area contributed by atoms with Gasteiger partial charge in [-0.25, -0.2) is 0 Å². The molecule has 1 aliphatic rings. The molecule has 0 aliphatic carbocycles. The second-order valence-corrected chi connectivity index (χ2v) is 6.56. The van der Waals surface area contributed by atoms with E-state index in [2.05, 4.69) is 4.98 Å². The Hall–Kier alpha value is -3.41. The van der Waals surface area contributed by atoms with Crippen LogP contribution in [0.15, 0.2) is 58.3 Å². The summed E-state index contributed by atoms with van der Waals surface area (Å²) < 4.78 is 13.1. The SMILES string of the molecule is COc1cc2c(cc1OC)-n1c(C)cc(=O)nc1CC/N=C\2c1ccccc1. The molecule has 0 fully saturated rings. The van der Waals surface area contributed by atoms with Crippen molar-refractivity contribution in [1.29, 1.82) is 0 Å². The van der Waals surface area contributed by atoms with E-state index in [0.29, 0.717) is 30.3 Å². The maximum Gasteiger partial charge on any atom is 0.273 e. The molecule has 28 heavy (non-hydrogen) atoms. The molecular formula is C22H21N3O3. The molecule has 0 unspecified atom stereocenters. The van der Waals surface area contributed by atoms with Gasteiger partial charge in [0, 0.05) is 41.9 Å². The first-order chi connectivity index (χ1) is 13.6. The summed E-state index contributed by atoms with van der Waals surface area (Å²) in [7, 11) is 3.22. The quantitative estimate of drug-likeness (QED) is 0.706. The Morgan fingerprint density at radius 1 is 1.00 bits per heavy atom. The first-order valence-corrected chi connectivity index (χ1v) is 9.08. The zero-order valence-corrected chi connectivity index (χ0v) is 16.1. The molecule has 3 aromatic rings. The number of ether oxygens (including phenoxy) is 2. The van der Waals surface area contributed by atoms with Crippen molar-refractivity contribution in [1.82, 2.24) is 9.55 Å². The fourth-order valence-corrected chi connectivity index (χ4v) is 3.59. The van der Waals surface area contributed by atoms with Crippen molar-refractivity contribution in [2.45, 2.75) is 13.3 Å². The lowest BCUT2D eigenvalue weighted by Crippen LogP contribution is -2.23. The molecule has 0 saturated carbocycles. The van der Waals surface area contributed by atoms with Crippen LogP contribution >= 0.6 is 0 Å². The molecule has 0 atom stereocenters. The standard InChI is InChI=1S/C22H21N3O3/c1-14-11-21(26)24-20-9-10-23-22(15-7-5-4-6-8-15)16-12-18(27-2)19(28-3)13-17(16)25(14)20/h4-8,11-13H,9-10H2,1-3H3/b23-22-. The summed E-state index contributed by atoms with van der Waals surface area (Å²) in [6, 6.07) is 15.5. The number of rotatable bonds is 3. The zero-order valence-electron chi connectivity index (χ0n) is 16.1. The van der Waals surface area contributed by atoms with Gasteiger partial charge in [-0.15, -0.1) is 0 Å². The molecular weight excluding hydrogens is 354 g/mol. The molecule has 1 aliphatic heterocycles. The minimum absolute atomic E-state index is 0.237. The van der Waals surface area contributed by atoms with Crippen LogP contribution in [0.25, 0.3) is 5.69 Å². The van der Waals surface area contributed by atoms with Crippen molar-refractivity contribution in [3.8, 4) is 17.2 Å². The van der Waals surface area contributed by atoms with Gasteiger partial charge in [-0.05, 0) is 13.0 Å². The van der Waals surface area contributed by atoms with E-state index in [1.807, 2.05) is 54.0 Å². The minimum atomic E-state index is -0.237. The lowest BCUT2D eigenvalue weighted by atomic mass is 9.98. The number of aryl methyl sites for hydroxylation is 1. The lowest BCUT2D eigenvalue weighted by molar-refractivity contribution is 0.354. The lowest BCUT2D eigenvalue weighted by Gasteiger charge is -2.23. The molecule has 142 valence electrons. The second kappa shape index (κ2) is 7.31. The van der Waals surface area contributed by atoms with Gasteiger partial charge in [0.05, 0.1) is 25.6 Å². The number of aromatic nitrogens is 2. The Labute approximate surface area is 163 Å². The third kappa shape index (κ3) is 3.07. The number of methoxy groups -OCH3 is 2. The van der Waals surface area contributed by atoms with Crippen LogP contribution < -0.4 is 15.0 Å². The van der Waals surface area contributed by atoms with E-state index in [0.717, 1.165) is 28.2 Å². The summed E-state index contributed by atoms with van der Waals surface area (Å²) in [5.41, 5.74) is 4.24. The highest BCUT2D eigenvalue weighted by atomic mass is 16.5. The van der Waals surface area contributed by atoms with Gasteiger partial charge in [0.1, 0.15) is 5.82 Å². The van der Waals surface area contributed by atoms with E-state index in [1.54, 1.807) is 20.3 Å². The molecule has 6 heteroatoms. The van der Waals surface area contributed by atoms with Gasteiger partial charge in [-0.2, -0.15) is 4.98 Å². The molecule has 0 saturated heterocycles. The number of fused-ring (bicyclic) bond motifs is 3. The highest BCUT2D eigenvalue weighted by Gasteiger charge is 2.22. The molecule has 2 heterocycles. The van der Waals surface area contributed by atoms with Gasteiger partial charge in [-0.1, -0.05) is 30.3 Å². The second-order valence-electron chi connectivity index (χ2n) is 6.56. The molecule has 2 aromatic carbocycles. The van der Waals surface area contributed by atoms with Crippen LogP contribution in [0.4, 0.5) is 0 Å². The number of nitrogens with zero attached hydrogens (tertiary/aromatic N) is 3. The number of hydrogen-bond donors (Lipinski definition) is 0. The Morgan fingerprint density at radius 3 is 2.43 bits per heavy atom. The van der Waals surface area contributed by atoms with Crippen LogP contribution in [0.1, 0.15) is 22.6 Å². The van der Waals surface area contributed by atoms with Gasteiger partial charge >= 0.3 is 0 Å². The van der Waals surface area contributed by atoms with Gasteiger partial charge in [0.25, 0.3) is 5.56 Å². The summed E-state index contributed by atoms with van der Waals surface area (Å²) in [5, 5.41) is 0. The van der Waals surface area contributed by atoms with Crippen LogP contribution in [0.2, 0.25) is 0 Å². The van der Waals surface area contributed by atoms with Crippen molar-refractivity contribution >= 4 is 5.71 Å². The predicted octanol–water partition coefficient (Wildman–Crippen LogP) is 2.95. The topological polar surface area (TPSA) is 65.7 Å². The first kappa shape index (κ1) is 18.0. The van der Waals surface area contributed by atoms with E-state index in [1.165, 1.54) is 0 Å². The Kier molecular flexibility index (Phi) is 4.69. The van der Waals surface area contributed by atoms with Crippen LogP contribution in [0.5, 0.6) is 11.5 Å². The number of aliphatic imine (C=N–C) groups is 1. The van der Waals surface area contributed by atoms with Crippen molar-refractivity contribution < 1.29 is 9.47 Å². The van der Waals surface area contributed by atoms with Crippen molar-refractivity contribution in [3.05, 3.63) is 81.5 Å². The highest BCUT2D eigenvalue weighted by Crippen LogP contribution is 2.35. The summed E-state index contributed by atoms with van der Waals surface area (Å²) in [6.07, 6.45) is 0.570. The molecule has 0 amide bonds. The van der Waals surface area contributed by atoms with Crippen molar-refractivity contribution in [2.24, 2.45) is 4.99 Å². The van der Waals surface area contributed by atoms with E-state index in [9.17, 15) is 4.79 Å². The van der Waals surface area contributed by atoms with Gasteiger partial charge < -0.3 is 14.0 Å². The van der Waals surface area contributed by atoms with Crippen LogP contribution in [0, 0.1) is 6.92 Å². The molecule has 4 rings (SSSR count). The fraction of sp³-hybridized carbons (Fsp3) is 0.227. The van der Waals surface area contributed by atoms with Crippen LogP contribution in [0.3, 0.4) is 0 Å². The van der Waals surface area contributed by atoms with Crippen LogP contribution in [-0.4, -0.2) is 36.0 Å². The molecule has 0 radical (unpaired) electrons. The maximum atomic E-state index is 12.0. The average molecular weight is 375 g/mol. The Balaban J connectivity index is 2.07. The Bertz CT molecular complexity index is 1120. The first-order valence-electron chi connectivity index (χ1n) is 9.08. The molecule has 6 nitrogen and oxygen atoms in total. The molecule has 1 aromatic heterocycles. The fourth-order valence-electron chi connectivity index (χ4n) is 3.59. The van der Waals surface area contributed by atoms with E-state index >= 15 is 0 Å². The monoisotopic (exact) mass is 375 g/mol. The van der Waals surface area contributed by atoms with Crippen molar-refractivity contribution in [2.75, 3.05) is 20.8 Å². The average Bonchev–Trinajstić information content (AvgIpc) is 2.69. The largest absolute Gasteiger partial charge is 0.493 e. The van der Waals surface area contributed by atoms with Crippen molar-refractivity contribution in [3.63, 3.8) is 0 Å². The summed E-state index contributed by atoms with van der Waals surface area (Å²) in [5.74, 6) is 1.92. The summed E-state index contributed by atoms with van der Waals surface area (Å²) >= 11 is 0. The Morgan fingerprint density at radius 2 is 1.71 bits per heavy atom. The number of benzene rings is 2. The smallest absolute Gasteiger partial charge is 0.273 e. The van der Waals surface area contributed by atoms with E-state index < -0.39 is 0 Å². The van der Waals surface area contributed by atoms with Gasteiger partial charge in [-0.3, -0.25) is 9.79 Å². The third-order valence-electron chi connectivity index (χ3n) is 4.83. The predicted molar refractivity (Wildman–Crippen MR) is 108 cm³/mol. The molecule has 0 N–H and O–H groups in total. The minimum Gasteiger partial charge on any atom is -0.493 e. The third-order valence-corrected chi connectivity index (χ3v) is 4.83. The highest BCUT2D eigenvalue weighted by molar-refractivity contribution is 6.15. The number of hydrogen-bond acceptors (Lipinski definition) is 5. The van der Waals surface area contributed by atoms with E-state index in [4.69, 9.17) is 14.5 Å². The van der Waals surface area contributed by atoms with Crippen LogP contribution in [-0.2, 0) is 6.42 Å². The molecule has 0 bridgehead atoms. The maximum absolute atomic E-state index is 12.0. The van der Waals surface area contributed by atoms with Gasteiger partial charge in [0.15, 0.2) is 11.5 Å². The summed E-state index contributed by atoms with van der Waals surface area (Å²) in [6.45, 7) is 2.45. The van der Waals surface area contributed by atoms with Gasteiger partial charge in [0.2, 0.25) is 0 Å². The normalized spacial score (nSPS) is 14.8. The molecule has 0 spiro atoms.